The number of pyridine rings is 1. The molecule has 33 heavy (non-hydrogen) atoms. The number of hydrogen-bond acceptors (Lipinski definition) is 3. The Balaban J connectivity index is 1.21. The molecule has 1 saturated heterocycles. The van der Waals surface area contributed by atoms with Crippen molar-refractivity contribution < 1.29 is 9.53 Å². The zero-order valence-corrected chi connectivity index (χ0v) is 19.4. The molecule has 0 radical (unpaired) electrons. The first-order chi connectivity index (χ1) is 16.1. The molecule has 2 aromatic carbocycles. The molecule has 6 rings (SSSR count). The van der Waals surface area contributed by atoms with Crippen LogP contribution in [0.15, 0.2) is 66.9 Å². The smallest absolute Gasteiger partial charge is 0.410 e. The number of hydrogen-bond donors (Lipinski definition) is 0. The minimum absolute atomic E-state index is 0.0115. The summed E-state index contributed by atoms with van der Waals surface area (Å²) in [6.45, 7) is 0.338. The number of aromatic nitrogens is 1. The molecule has 166 valence electrons. The third-order valence-electron chi connectivity index (χ3n) is 7.11. The van der Waals surface area contributed by atoms with Gasteiger partial charge in [-0.25, -0.2) is 9.78 Å². The lowest BCUT2D eigenvalue weighted by Crippen LogP contribution is -2.43. The van der Waals surface area contributed by atoms with E-state index in [9.17, 15) is 4.79 Å². The van der Waals surface area contributed by atoms with Crippen LogP contribution < -0.4 is 0 Å². The first-order valence-electron chi connectivity index (χ1n) is 11.3. The third kappa shape index (κ3) is 3.53. The molecule has 0 spiro atoms. The van der Waals surface area contributed by atoms with E-state index < -0.39 is 0 Å². The number of carbonyl (C=O) groups is 1. The number of ether oxygens (including phenoxy) is 1. The van der Waals surface area contributed by atoms with Gasteiger partial charge in [-0.05, 0) is 53.2 Å². The molecule has 4 nitrogen and oxygen atoms in total. The number of rotatable bonds is 3. The highest BCUT2D eigenvalue weighted by atomic mass is 35.5. The minimum Gasteiger partial charge on any atom is -0.448 e. The lowest BCUT2D eigenvalue weighted by molar-refractivity contribution is 0.0866. The van der Waals surface area contributed by atoms with E-state index in [1.165, 1.54) is 22.3 Å². The summed E-state index contributed by atoms with van der Waals surface area (Å²) in [5.74, 6) is 0.0627. The van der Waals surface area contributed by atoms with Crippen molar-refractivity contribution in [2.24, 2.45) is 0 Å². The predicted molar refractivity (Wildman–Crippen MR) is 131 cm³/mol. The Morgan fingerprint density at radius 2 is 1.70 bits per heavy atom. The van der Waals surface area contributed by atoms with Gasteiger partial charge in [-0.3, -0.25) is 4.90 Å². The van der Waals surface area contributed by atoms with Gasteiger partial charge in [0.1, 0.15) is 11.8 Å². The predicted octanol–water partition coefficient (Wildman–Crippen LogP) is 6.96. The zero-order chi connectivity index (χ0) is 22.5. The molecule has 1 amide bonds. The van der Waals surface area contributed by atoms with Gasteiger partial charge in [-0.15, -0.1) is 0 Å². The Bertz CT molecular complexity index is 1240. The summed E-state index contributed by atoms with van der Waals surface area (Å²) in [5.41, 5.74) is 6.93. The number of halogens is 2. The van der Waals surface area contributed by atoms with Crippen LogP contribution in [0, 0.1) is 0 Å². The van der Waals surface area contributed by atoms with Gasteiger partial charge in [0.15, 0.2) is 0 Å². The van der Waals surface area contributed by atoms with Crippen LogP contribution in [0.5, 0.6) is 0 Å². The monoisotopic (exact) mass is 476 g/mol. The Morgan fingerprint density at radius 3 is 2.39 bits per heavy atom. The van der Waals surface area contributed by atoms with E-state index in [1.54, 1.807) is 12.3 Å². The molecule has 2 atom stereocenters. The summed E-state index contributed by atoms with van der Waals surface area (Å²) < 4.78 is 5.94. The number of fused-ring (bicyclic) bond motifs is 5. The molecule has 6 heteroatoms. The second kappa shape index (κ2) is 8.19. The van der Waals surface area contributed by atoms with Crippen molar-refractivity contribution in [1.29, 1.82) is 0 Å². The van der Waals surface area contributed by atoms with Crippen LogP contribution in [0.1, 0.15) is 41.9 Å². The summed E-state index contributed by atoms with van der Waals surface area (Å²) in [7, 11) is 0. The van der Waals surface area contributed by atoms with E-state index in [0.29, 0.717) is 16.8 Å². The standard InChI is InChI=1S/C27H22Cl2N2O2/c28-25-14-30-26(29)13-23(25)16-11-17-9-10-18(12-16)31(17)27(32)33-15-24-21-7-3-1-5-19(21)20-6-2-4-8-22(20)24/h1-8,11,13-14,17-18,24H,9-10,12,15H2. The second-order valence-electron chi connectivity index (χ2n) is 8.89. The van der Waals surface area contributed by atoms with E-state index in [1.807, 2.05) is 17.0 Å². The fraction of sp³-hybridized carbons (Fsp3) is 0.259. The highest BCUT2D eigenvalue weighted by Crippen LogP contribution is 2.45. The lowest BCUT2D eigenvalue weighted by atomic mass is 9.95. The van der Waals surface area contributed by atoms with Crippen molar-refractivity contribution in [1.82, 2.24) is 9.88 Å². The van der Waals surface area contributed by atoms with Gasteiger partial charge < -0.3 is 4.74 Å². The third-order valence-corrected chi connectivity index (χ3v) is 7.62. The quantitative estimate of drug-likeness (QED) is 0.383. The molecule has 3 heterocycles. The maximum absolute atomic E-state index is 13.2. The van der Waals surface area contributed by atoms with Gasteiger partial charge in [-0.1, -0.05) is 77.8 Å². The number of amides is 1. The second-order valence-corrected chi connectivity index (χ2v) is 9.69. The van der Waals surface area contributed by atoms with Crippen LogP contribution in [0.4, 0.5) is 4.79 Å². The SMILES string of the molecule is O=C(OCC1c2ccccc2-c2ccccc21)N1C2C=C(c3cc(Cl)ncc3Cl)CC1CC2. The highest BCUT2D eigenvalue weighted by molar-refractivity contribution is 6.33. The van der Waals surface area contributed by atoms with Crippen molar-refractivity contribution in [3.63, 3.8) is 0 Å². The first kappa shape index (κ1) is 20.8. The van der Waals surface area contributed by atoms with Crippen LogP contribution >= 0.6 is 23.2 Å². The van der Waals surface area contributed by atoms with Gasteiger partial charge >= 0.3 is 6.09 Å². The number of carbonyl (C=O) groups excluding carboxylic acids is 1. The average Bonchev–Trinajstić information content (AvgIpc) is 3.30. The average molecular weight is 477 g/mol. The molecule has 2 aliphatic heterocycles. The molecular formula is C27H22Cl2N2O2. The number of benzene rings is 2. The topological polar surface area (TPSA) is 42.4 Å². The Morgan fingerprint density at radius 1 is 1.00 bits per heavy atom. The van der Waals surface area contributed by atoms with Crippen LogP contribution in [-0.2, 0) is 4.74 Å². The van der Waals surface area contributed by atoms with Gasteiger partial charge in [0.25, 0.3) is 0 Å². The van der Waals surface area contributed by atoms with E-state index in [0.717, 1.165) is 30.4 Å². The molecule has 1 aromatic heterocycles. The molecule has 3 aliphatic rings. The lowest BCUT2D eigenvalue weighted by Gasteiger charge is -2.33. The Kier molecular flexibility index (Phi) is 5.16. The molecule has 0 saturated carbocycles. The highest BCUT2D eigenvalue weighted by Gasteiger charge is 2.41. The summed E-state index contributed by atoms with van der Waals surface area (Å²) in [6, 6.07) is 18.7. The van der Waals surface area contributed by atoms with Gasteiger partial charge in [-0.2, -0.15) is 0 Å². The van der Waals surface area contributed by atoms with E-state index >= 15 is 0 Å². The van der Waals surface area contributed by atoms with Crippen LogP contribution in [0.25, 0.3) is 16.7 Å². The van der Waals surface area contributed by atoms with Gasteiger partial charge in [0.2, 0.25) is 0 Å². The molecule has 1 aliphatic carbocycles. The Labute approximate surface area is 202 Å². The van der Waals surface area contributed by atoms with Gasteiger partial charge in [0, 0.05) is 23.7 Å². The largest absolute Gasteiger partial charge is 0.448 e. The molecule has 3 aromatic rings. The summed E-state index contributed by atoms with van der Waals surface area (Å²) in [4.78, 5) is 19.2. The van der Waals surface area contributed by atoms with E-state index in [2.05, 4.69) is 47.5 Å². The van der Waals surface area contributed by atoms with Crippen molar-refractivity contribution in [2.45, 2.75) is 37.3 Å². The van der Waals surface area contributed by atoms with Crippen LogP contribution in [0.3, 0.4) is 0 Å². The van der Waals surface area contributed by atoms with Gasteiger partial charge in [0.05, 0.1) is 11.1 Å². The van der Waals surface area contributed by atoms with E-state index in [-0.39, 0.29) is 24.1 Å². The molecule has 2 unspecified atom stereocenters. The maximum Gasteiger partial charge on any atom is 0.410 e. The van der Waals surface area contributed by atoms with Crippen molar-refractivity contribution in [3.8, 4) is 11.1 Å². The normalized spacial score (nSPS) is 20.9. The fourth-order valence-corrected chi connectivity index (χ4v) is 6.02. The molecule has 0 N–H and O–H groups in total. The minimum atomic E-state index is -0.237. The van der Waals surface area contributed by atoms with Crippen molar-refractivity contribution in [3.05, 3.63) is 93.7 Å². The zero-order valence-electron chi connectivity index (χ0n) is 17.9. The Hall–Kier alpha value is -2.82. The van der Waals surface area contributed by atoms with Crippen LogP contribution in [0.2, 0.25) is 10.2 Å². The van der Waals surface area contributed by atoms with Crippen molar-refractivity contribution >= 4 is 34.9 Å². The first-order valence-corrected chi connectivity index (χ1v) is 12.0. The molecular weight excluding hydrogens is 455 g/mol. The molecule has 1 fully saturated rings. The molecule has 2 bridgehead atoms. The maximum atomic E-state index is 13.2. The fourth-order valence-electron chi connectivity index (χ4n) is 5.64. The summed E-state index contributed by atoms with van der Waals surface area (Å²) in [6.07, 6.45) is 6.10. The van der Waals surface area contributed by atoms with E-state index in [4.69, 9.17) is 27.9 Å². The summed E-state index contributed by atoms with van der Waals surface area (Å²) in [5, 5.41) is 1.00. The number of nitrogens with zero attached hydrogens (tertiary/aromatic N) is 2. The van der Waals surface area contributed by atoms with Crippen LogP contribution in [-0.4, -0.2) is 34.7 Å². The van der Waals surface area contributed by atoms with Crippen molar-refractivity contribution in [2.75, 3.05) is 6.61 Å². The summed E-state index contributed by atoms with van der Waals surface area (Å²) >= 11 is 12.5.